The number of aromatic nitrogens is 4. The molecule has 3 aromatic rings. The van der Waals surface area contributed by atoms with Crippen LogP contribution in [0.1, 0.15) is 55.0 Å². The minimum Gasteiger partial charge on any atom is -0.395 e. The summed E-state index contributed by atoms with van der Waals surface area (Å²) in [5, 5.41) is 18.1. The van der Waals surface area contributed by atoms with Crippen molar-refractivity contribution in [2.75, 3.05) is 42.6 Å². The van der Waals surface area contributed by atoms with Crippen LogP contribution in [0.25, 0.3) is 23.0 Å². The van der Waals surface area contributed by atoms with E-state index >= 15 is 0 Å². The molecule has 1 unspecified atom stereocenters. The van der Waals surface area contributed by atoms with E-state index in [1.165, 1.54) is 12.8 Å². The first-order chi connectivity index (χ1) is 19.5. The number of aryl methyl sites for hydroxylation is 1. The second-order valence-electron chi connectivity index (χ2n) is 11.5. The van der Waals surface area contributed by atoms with Gasteiger partial charge in [-0.2, -0.15) is 4.98 Å². The van der Waals surface area contributed by atoms with Crippen LogP contribution < -0.4 is 14.9 Å². The number of piperidine rings is 2. The summed E-state index contributed by atoms with van der Waals surface area (Å²) >= 11 is 0. The molecule has 1 aliphatic carbocycles. The zero-order valence-corrected chi connectivity index (χ0v) is 23.6. The van der Waals surface area contributed by atoms with Gasteiger partial charge in [0.2, 0.25) is 21.8 Å². The molecule has 4 heterocycles. The molecule has 11 nitrogen and oxygen atoms in total. The van der Waals surface area contributed by atoms with E-state index in [0.717, 1.165) is 31.6 Å². The van der Waals surface area contributed by atoms with Gasteiger partial charge in [-0.25, -0.2) is 32.3 Å². The van der Waals surface area contributed by atoms with Crippen molar-refractivity contribution < 1.29 is 26.8 Å². The Labute approximate surface area is 236 Å². The van der Waals surface area contributed by atoms with Gasteiger partial charge < -0.3 is 19.4 Å². The number of benzene rings is 1. The fraction of sp³-hybridized carbons (Fsp3) is 0.556. The predicted octanol–water partition coefficient (Wildman–Crippen LogP) is 3.44. The maximum Gasteiger partial charge on any atom is 0.260 e. The summed E-state index contributed by atoms with van der Waals surface area (Å²) in [5.41, 5.74) is 3.19. The molecule has 220 valence electrons. The van der Waals surface area contributed by atoms with Gasteiger partial charge in [0.05, 0.1) is 12.2 Å². The van der Waals surface area contributed by atoms with Crippen molar-refractivity contribution in [1.82, 2.24) is 20.1 Å². The summed E-state index contributed by atoms with van der Waals surface area (Å²) < 4.78 is 57.4. The number of nitrogens with two attached hydrogens (primary N) is 1. The van der Waals surface area contributed by atoms with Gasteiger partial charge in [-0.3, -0.25) is 0 Å². The number of alkyl halides is 2. The molecule has 3 N–H and O–H groups in total. The van der Waals surface area contributed by atoms with Crippen molar-refractivity contribution in [2.24, 2.45) is 10.6 Å². The quantitative estimate of drug-likeness (QED) is 0.419. The molecular formula is C27H33F2N7O4S. The molecule has 0 radical (unpaired) electrons. The van der Waals surface area contributed by atoms with Crippen LogP contribution in [0, 0.1) is 12.3 Å². The van der Waals surface area contributed by atoms with Crippen LogP contribution >= 0.6 is 0 Å². The third-order valence-electron chi connectivity index (χ3n) is 8.58. The average Bonchev–Trinajstić information content (AvgIpc) is 3.48. The summed E-state index contributed by atoms with van der Waals surface area (Å²) in [5.74, 6) is -1.90. The van der Waals surface area contributed by atoms with Crippen molar-refractivity contribution in [1.29, 1.82) is 0 Å². The van der Waals surface area contributed by atoms with Crippen molar-refractivity contribution in [2.45, 2.75) is 56.6 Å². The van der Waals surface area contributed by atoms with Crippen LogP contribution in [0.3, 0.4) is 0 Å². The Bertz CT molecular complexity index is 1540. The molecule has 1 atom stereocenters. The summed E-state index contributed by atoms with van der Waals surface area (Å²) in [6, 6.07) is 6.74. The minimum atomic E-state index is -4.04. The first-order valence-corrected chi connectivity index (χ1v) is 15.4. The Balaban J connectivity index is 1.33. The Morgan fingerprint density at radius 3 is 2.32 bits per heavy atom. The molecule has 1 saturated carbocycles. The monoisotopic (exact) mass is 589 g/mol. The lowest BCUT2D eigenvalue weighted by atomic mass is 9.92. The first kappa shape index (κ1) is 27.9. The van der Waals surface area contributed by atoms with Crippen LogP contribution in [0.2, 0.25) is 0 Å². The molecule has 1 aromatic carbocycles. The highest BCUT2D eigenvalue weighted by Crippen LogP contribution is 2.54. The number of aliphatic hydroxyl groups is 1. The Kier molecular flexibility index (Phi) is 6.97. The highest BCUT2D eigenvalue weighted by Gasteiger charge is 2.45. The van der Waals surface area contributed by atoms with Crippen molar-refractivity contribution >= 4 is 21.7 Å². The summed E-state index contributed by atoms with van der Waals surface area (Å²) in [4.78, 5) is 17.5. The van der Waals surface area contributed by atoms with E-state index in [1.54, 1.807) is 36.1 Å². The fourth-order valence-corrected chi connectivity index (χ4v) is 6.50. The number of aliphatic hydroxyl groups excluding tert-OH is 1. The normalized spacial score (nSPS) is 20.8. The fourth-order valence-electron chi connectivity index (χ4n) is 5.77. The molecule has 3 fully saturated rings. The SMILES string of the molecule is Cc1cc(-c2noc(-c3ccc(C(CO)S(N)(=O)=O)cc3N3CCC4(CC3)CC4)n2)nc(N2CCC(F)(F)CC2)n1. The van der Waals surface area contributed by atoms with Gasteiger partial charge in [0.1, 0.15) is 10.9 Å². The number of rotatable bonds is 7. The zero-order chi connectivity index (χ0) is 29.0. The van der Waals surface area contributed by atoms with E-state index in [1.807, 2.05) is 0 Å². The average molecular weight is 590 g/mol. The molecule has 2 saturated heterocycles. The molecule has 14 heteroatoms. The number of halogens is 2. The van der Waals surface area contributed by atoms with Gasteiger partial charge in [0.15, 0.2) is 0 Å². The molecule has 6 rings (SSSR count). The molecule has 41 heavy (non-hydrogen) atoms. The highest BCUT2D eigenvalue weighted by atomic mass is 32.2. The maximum absolute atomic E-state index is 13.7. The van der Waals surface area contributed by atoms with Gasteiger partial charge >= 0.3 is 0 Å². The maximum atomic E-state index is 13.7. The lowest BCUT2D eigenvalue weighted by Crippen LogP contribution is -2.40. The Morgan fingerprint density at radius 1 is 1.00 bits per heavy atom. The number of hydrogen-bond donors (Lipinski definition) is 2. The molecule has 2 aromatic heterocycles. The zero-order valence-electron chi connectivity index (χ0n) is 22.8. The standard InChI is InChI=1S/C27H33F2N7O4S/c1-17-14-20(32-25(31-17)36-12-8-27(28,29)9-13-36)23-33-24(40-34-23)19-3-2-18(22(16-37)41(30,38)39)15-21(19)35-10-6-26(4-5-26)7-11-35/h2-3,14-15,22,37H,4-13,16H2,1H3,(H2,30,38,39). The number of sulfonamides is 1. The first-order valence-electron chi connectivity index (χ1n) is 13.8. The Morgan fingerprint density at radius 2 is 1.68 bits per heavy atom. The van der Waals surface area contributed by atoms with E-state index in [9.17, 15) is 22.3 Å². The van der Waals surface area contributed by atoms with Crippen LogP contribution in [0.4, 0.5) is 20.4 Å². The summed E-state index contributed by atoms with van der Waals surface area (Å²) in [6.45, 7) is 3.02. The summed E-state index contributed by atoms with van der Waals surface area (Å²) in [6.07, 6.45) is 4.03. The molecular weight excluding hydrogens is 556 g/mol. The van der Waals surface area contributed by atoms with Crippen LogP contribution in [-0.4, -0.2) is 72.3 Å². The van der Waals surface area contributed by atoms with E-state index in [-0.39, 0.29) is 37.6 Å². The van der Waals surface area contributed by atoms with Gasteiger partial charge in [-0.15, -0.1) is 0 Å². The Hall–Kier alpha value is -3.23. The molecule has 1 spiro atoms. The third-order valence-corrected chi connectivity index (χ3v) is 9.80. The van der Waals surface area contributed by atoms with E-state index in [0.29, 0.717) is 33.9 Å². The third kappa shape index (κ3) is 5.77. The lowest BCUT2D eigenvalue weighted by Gasteiger charge is -2.35. The van der Waals surface area contributed by atoms with Crippen molar-refractivity contribution in [3.63, 3.8) is 0 Å². The molecule has 0 bridgehead atoms. The van der Waals surface area contributed by atoms with Crippen LogP contribution in [0.5, 0.6) is 0 Å². The molecule has 3 aliphatic rings. The van der Waals surface area contributed by atoms with Gasteiger partial charge in [0.25, 0.3) is 11.8 Å². The van der Waals surface area contributed by atoms with Gasteiger partial charge in [-0.05, 0) is 61.8 Å². The lowest BCUT2D eigenvalue weighted by molar-refractivity contribution is -0.0222. The number of primary sulfonamides is 1. The topological polar surface area (TPSA) is 152 Å². The minimum absolute atomic E-state index is 0.146. The van der Waals surface area contributed by atoms with Crippen molar-refractivity contribution in [3.8, 4) is 23.0 Å². The smallest absolute Gasteiger partial charge is 0.260 e. The number of anilines is 2. The van der Waals surface area contributed by atoms with Gasteiger partial charge in [-0.1, -0.05) is 11.2 Å². The van der Waals surface area contributed by atoms with E-state index in [4.69, 9.17) is 9.66 Å². The summed E-state index contributed by atoms with van der Waals surface area (Å²) in [7, 11) is -4.04. The van der Waals surface area contributed by atoms with Crippen molar-refractivity contribution in [3.05, 3.63) is 35.5 Å². The number of nitrogens with zero attached hydrogens (tertiary/aromatic N) is 6. The van der Waals surface area contributed by atoms with Crippen LogP contribution in [0.15, 0.2) is 28.8 Å². The van der Waals surface area contributed by atoms with Crippen LogP contribution in [-0.2, 0) is 10.0 Å². The van der Waals surface area contributed by atoms with E-state index in [2.05, 4.69) is 25.0 Å². The second kappa shape index (κ2) is 10.2. The molecule has 2 aliphatic heterocycles. The second-order valence-corrected chi connectivity index (χ2v) is 13.2. The van der Waals surface area contributed by atoms with Gasteiger partial charge in [0, 0.05) is 50.4 Å². The largest absolute Gasteiger partial charge is 0.395 e. The van der Waals surface area contributed by atoms with E-state index < -0.39 is 27.8 Å². The number of hydrogen-bond acceptors (Lipinski definition) is 10. The molecule has 0 amide bonds. The highest BCUT2D eigenvalue weighted by molar-refractivity contribution is 7.89. The predicted molar refractivity (Wildman–Crippen MR) is 148 cm³/mol.